The zero-order valence-corrected chi connectivity index (χ0v) is 16.1. The van der Waals surface area contributed by atoms with E-state index in [9.17, 15) is 8.42 Å². The van der Waals surface area contributed by atoms with Crippen molar-refractivity contribution in [1.82, 2.24) is 4.57 Å². The molecule has 0 amide bonds. The van der Waals surface area contributed by atoms with Crippen molar-refractivity contribution in [1.29, 1.82) is 0 Å². The van der Waals surface area contributed by atoms with Gasteiger partial charge < -0.3 is 14.0 Å². The first kappa shape index (κ1) is 17.3. The Hall–Kier alpha value is -1.55. The molecule has 0 saturated carbocycles. The number of aromatic nitrogens is 1. The highest BCUT2D eigenvalue weighted by atomic mass is 35.5. The fourth-order valence-electron chi connectivity index (χ4n) is 2.20. The summed E-state index contributed by atoms with van der Waals surface area (Å²) in [5.41, 5.74) is 0.722. The number of rotatable bonds is 4. The fraction of sp³-hybridized carbons (Fsp3) is 0.214. The monoisotopic (exact) mass is 404 g/mol. The Morgan fingerprint density at radius 3 is 2.33 bits per heavy atom. The predicted molar refractivity (Wildman–Crippen MR) is 96.0 cm³/mol. The minimum absolute atomic E-state index is 0.101. The van der Waals surface area contributed by atoms with Crippen molar-refractivity contribution in [3.05, 3.63) is 33.4 Å². The van der Waals surface area contributed by atoms with Crippen molar-refractivity contribution in [3.8, 4) is 11.5 Å². The van der Waals surface area contributed by atoms with Crippen LogP contribution in [0.15, 0.2) is 32.9 Å². The quantitative estimate of drug-likeness (QED) is 0.669. The van der Waals surface area contributed by atoms with Gasteiger partial charge in [0.05, 0.1) is 18.6 Å². The smallest absolute Gasteiger partial charge is 0.294 e. The Kier molecular flexibility index (Phi) is 4.60. The Bertz CT molecular complexity index is 1080. The molecule has 0 radical (unpaired) electrons. The summed E-state index contributed by atoms with van der Waals surface area (Å²) >= 11 is 8.01. The highest BCUT2D eigenvalue weighted by molar-refractivity contribution is 7.92. The van der Waals surface area contributed by atoms with Gasteiger partial charge >= 0.3 is 0 Å². The highest BCUT2D eigenvalue weighted by Gasteiger charge is 2.18. The van der Waals surface area contributed by atoms with E-state index in [1.807, 2.05) is 0 Å². The van der Waals surface area contributed by atoms with Crippen LogP contribution in [0.4, 0.5) is 0 Å². The number of aryl methyl sites for hydroxylation is 1. The second kappa shape index (κ2) is 6.40. The molecule has 3 aromatic rings. The van der Waals surface area contributed by atoms with Gasteiger partial charge in [-0.1, -0.05) is 22.9 Å². The molecule has 0 spiro atoms. The van der Waals surface area contributed by atoms with E-state index in [0.717, 1.165) is 21.6 Å². The van der Waals surface area contributed by atoms with E-state index in [2.05, 4.69) is 4.40 Å². The second-order valence-electron chi connectivity index (χ2n) is 4.72. The van der Waals surface area contributed by atoms with Gasteiger partial charge in [-0.25, -0.2) is 0 Å². The van der Waals surface area contributed by atoms with Gasteiger partial charge in [0.15, 0.2) is 0 Å². The van der Waals surface area contributed by atoms with Crippen LogP contribution in [0, 0.1) is 0 Å². The molecule has 0 N–H and O–H groups in total. The fourth-order valence-corrected chi connectivity index (χ4v) is 6.01. The molecular weight excluding hydrogens is 392 g/mol. The molecule has 0 aliphatic carbocycles. The number of thiophene rings is 1. The summed E-state index contributed by atoms with van der Waals surface area (Å²) < 4.78 is 42.5. The number of fused-ring (bicyclic) bond motifs is 1. The molecule has 128 valence electrons. The van der Waals surface area contributed by atoms with Gasteiger partial charge in [-0.3, -0.25) is 0 Å². The summed E-state index contributed by atoms with van der Waals surface area (Å²) in [7, 11) is 1.01. The molecule has 0 fully saturated rings. The molecule has 2 aromatic heterocycles. The largest absolute Gasteiger partial charge is 0.495 e. The minimum Gasteiger partial charge on any atom is -0.495 e. The average molecular weight is 405 g/mol. The summed E-state index contributed by atoms with van der Waals surface area (Å²) in [6.07, 6.45) is 0. The number of thiazole rings is 1. The molecule has 6 nitrogen and oxygen atoms in total. The van der Waals surface area contributed by atoms with Crippen molar-refractivity contribution in [2.24, 2.45) is 11.4 Å². The molecule has 0 aliphatic rings. The van der Waals surface area contributed by atoms with Crippen LogP contribution in [-0.4, -0.2) is 27.2 Å². The van der Waals surface area contributed by atoms with Gasteiger partial charge in [0.2, 0.25) is 4.80 Å². The second-order valence-corrected chi connectivity index (χ2v) is 9.24. The number of benzene rings is 1. The van der Waals surface area contributed by atoms with E-state index in [0.29, 0.717) is 20.6 Å². The maximum Gasteiger partial charge on any atom is 0.294 e. The number of ether oxygens (including phenoxy) is 2. The Balaban J connectivity index is 2.29. The highest BCUT2D eigenvalue weighted by Crippen LogP contribution is 2.35. The van der Waals surface area contributed by atoms with Gasteiger partial charge in [0.1, 0.15) is 25.9 Å². The Morgan fingerprint density at radius 2 is 1.75 bits per heavy atom. The maximum absolute atomic E-state index is 12.5. The molecular formula is C14H13ClN2O4S3. The molecule has 10 heteroatoms. The number of sulfonamides is 1. The van der Waals surface area contributed by atoms with Crippen LogP contribution in [0.25, 0.3) is 10.2 Å². The molecule has 0 saturated heterocycles. The van der Waals surface area contributed by atoms with Crippen molar-refractivity contribution in [3.63, 3.8) is 0 Å². The van der Waals surface area contributed by atoms with Crippen LogP contribution in [0.1, 0.15) is 0 Å². The number of hydrogen-bond acceptors (Lipinski definition) is 6. The lowest BCUT2D eigenvalue weighted by Crippen LogP contribution is -2.13. The van der Waals surface area contributed by atoms with E-state index in [4.69, 9.17) is 21.1 Å². The summed E-state index contributed by atoms with van der Waals surface area (Å²) in [6.45, 7) is 0. The Labute approximate surface area is 151 Å². The van der Waals surface area contributed by atoms with Gasteiger partial charge in [-0.15, -0.1) is 15.7 Å². The first-order valence-electron chi connectivity index (χ1n) is 6.64. The SMILES string of the molecule is COc1ccc(OC)c2c1s/c(=N\S(=O)(=O)c1ccc(Cl)s1)n2C. The topological polar surface area (TPSA) is 69.9 Å². The van der Waals surface area contributed by atoms with Crippen molar-refractivity contribution >= 4 is 54.5 Å². The first-order chi connectivity index (χ1) is 11.4. The van der Waals surface area contributed by atoms with Crippen LogP contribution < -0.4 is 14.3 Å². The van der Waals surface area contributed by atoms with Gasteiger partial charge in [-0.2, -0.15) is 8.42 Å². The van der Waals surface area contributed by atoms with E-state index < -0.39 is 10.0 Å². The lowest BCUT2D eigenvalue weighted by atomic mass is 10.3. The molecule has 0 unspecified atom stereocenters. The third kappa shape index (κ3) is 2.92. The number of hydrogen-bond donors (Lipinski definition) is 0. The van der Waals surface area contributed by atoms with Crippen LogP contribution in [0.3, 0.4) is 0 Å². The standard InChI is InChI=1S/C14H13ClN2O4S3/c1-17-12-8(20-2)4-5-9(21-3)13(12)23-14(17)16-24(18,19)11-7-6-10(15)22-11/h4-7H,1-3H3/b16-14-. The molecule has 0 aliphatic heterocycles. The summed E-state index contributed by atoms with van der Waals surface area (Å²) in [6, 6.07) is 6.52. The van der Waals surface area contributed by atoms with Gasteiger partial charge in [-0.05, 0) is 24.3 Å². The third-order valence-corrected chi connectivity index (χ3v) is 7.54. The molecule has 3 rings (SSSR count). The number of halogens is 1. The molecule has 24 heavy (non-hydrogen) atoms. The summed E-state index contributed by atoms with van der Waals surface area (Å²) in [4.78, 5) is 0.317. The van der Waals surface area contributed by atoms with E-state index in [1.165, 1.54) is 23.5 Å². The minimum atomic E-state index is -3.83. The lowest BCUT2D eigenvalue weighted by Gasteiger charge is -2.06. The van der Waals surface area contributed by atoms with Crippen LogP contribution in [-0.2, 0) is 17.1 Å². The first-order valence-corrected chi connectivity index (χ1v) is 10.1. The summed E-state index contributed by atoms with van der Waals surface area (Å²) in [5.74, 6) is 1.24. The zero-order chi connectivity index (χ0) is 17.5. The van der Waals surface area contributed by atoms with Gasteiger partial charge in [0, 0.05) is 7.05 Å². The average Bonchev–Trinajstić information content (AvgIpc) is 3.12. The zero-order valence-electron chi connectivity index (χ0n) is 12.9. The molecule has 2 heterocycles. The summed E-state index contributed by atoms with van der Waals surface area (Å²) in [5, 5.41) is 0. The van der Waals surface area contributed by atoms with E-state index in [1.54, 1.807) is 38.0 Å². The van der Waals surface area contributed by atoms with Crippen LogP contribution >= 0.6 is 34.3 Å². The number of nitrogens with zero attached hydrogens (tertiary/aromatic N) is 2. The van der Waals surface area contributed by atoms with Gasteiger partial charge in [0.25, 0.3) is 10.0 Å². The molecule has 0 atom stereocenters. The maximum atomic E-state index is 12.5. The van der Waals surface area contributed by atoms with E-state index >= 15 is 0 Å². The van der Waals surface area contributed by atoms with E-state index in [-0.39, 0.29) is 4.21 Å². The normalized spacial score (nSPS) is 12.8. The van der Waals surface area contributed by atoms with Crippen LogP contribution in [0.2, 0.25) is 4.34 Å². The van der Waals surface area contributed by atoms with Crippen LogP contribution in [0.5, 0.6) is 11.5 Å². The third-order valence-electron chi connectivity index (χ3n) is 3.31. The van der Waals surface area contributed by atoms with Crippen molar-refractivity contribution in [2.45, 2.75) is 4.21 Å². The molecule has 0 bridgehead atoms. The Morgan fingerprint density at radius 1 is 1.08 bits per heavy atom. The number of methoxy groups -OCH3 is 2. The molecule has 1 aromatic carbocycles. The predicted octanol–water partition coefficient (Wildman–Crippen LogP) is 3.26. The lowest BCUT2D eigenvalue weighted by molar-refractivity contribution is 0.409. The van der Waals surface area contributed by atoms with Crippen molar-refractivity contribution < 1.29 is 17.9 Å². The van der Waals surface area contributed by atoms with Crippen molar-refractivity contribution in [2.75, 3.05) is 14.2 Å².